The highest BCUT2D eigenvalue weighted by atomic mass is 19.4. The van der Waals surface area contributed by atoms with E-state index in [0.29, 0.717) is 18.5 Å². The molecule has 0 spiro atoms. The molecule has 0 fully saturated rings. The normalized spacial score (nSPS) is 11.8. The van der Waals surface area contributed by atoms with Gasteiger partial charge in [0.05, 0.1) is 12.2 Å². The smallest absolute Gasteiger partial charge is 0.419 e. The number of hydrogen-bond donors (Lipinski definition) is 1. The number of benzene rings is 1. The van der Waals surface area contributed by atoms with Gasteiger partial charge < -0.3 is 10.1 Å². The molecule has 1 rings (SSSR count). The van der Waals surface area contributed by atoms with Crippen molar-refractivity contribution in [3.8, 4) is 5.75 Å². The molecule has 2 nitrogen and oxygen atoms in total. The number of halogens is 3. The van der Waals surface area contributed by atoms with E-state index in [2.05, 4.69) is 11.9 Å². The van der Waals surface area contributed by atoms with Crippen LogP contribution in [-0.2, 0) is 12.7 Å². The summed E-state index contributed by atoms with van der Waals surface area (Å²) in [6.45, 7) is 10.00. The van der Waals surface area contributed by atoms with E-state index in [9.17, 15) is 13.2 Å². The third-order valence-electron chi connectivity index (χ3n) is 2.85. The van der Waals surface area contributed by atoms with Crippen molar-refractivity contribution in [2.45, 2.75) is 46.0 Å². The summed E-state index contributed by atoms with van der Waals surface area (Å²) in [6, 6.07) is 4.40. The summed E-state index contributed by atoms with van der Waals surface area (Å²) < 4.78 is 44.5. The van der Waals surface area contributed by atoms with Crippen molar-refractivity contribution in [3.05, 3.63) is 41.5 Å². The van der Waals surface area contributed by atoms with Crippen LogP contribution in [0.15, 0.2) is 30.4 Å². The molecule has 0 heterocycles. The second-order valence-corrected chi connectivity index (χ2v) is 5.42. The van der Waals surface area contributed by atoms with Gasteiger partial charge >= 0.3 is 6.18 Å². The molecule has 0 aliphatic heterocycles. The van der Waals surface area contributed by atoms with E-state index in [1.165, 1.54) is 6.07 Å². The Morgan fingerprint density at radius 2 is 2.00 bits per heavy atom. The molecule has 0 atom stereocenters. The molecular formula is C16H22F3NO. The summed E-state index contributed by atoms with van der Waals surface area (Å²) >= 11 is 0. The average molecular weight is 301 g/mol. The van der Waals surface area contributed by atoms with Crippen LogP contribution in [0.2, 0.25) is 0 Å². The molecule has 0 saturated carbocycles. The Kier molecular flexibility index (Phi) is 6.27. The highest BCUT2D eigenvalue weighted by molar-refractivity contribution is 5.39. The fourth-order valence-corrected chi connectivity index (χ4v) is 1.69. The lowest BCUT2D eigenvalue weighted by Crippen LogP contribution is -2.22. The van der Waals surface area contributed by atoms with Crippen LogP contribution in [0, 0.1) is 0 Å². The van der Waals surface area contributed by atoms with E-state index in [4.69, 9.17) is 4.74 Å². The van der Waals surface area contributed by atoms with Crippen LogP contribution < -0.4 is 10.1 Å². The minimum absolute atomic E-state index is 0.128. The molecule has 0 aliphatic carbocycles. The molecule has 118 valence electrons. The fourth-order valence-electron chi connectivity index (χ4n) is 1.69. The lowest BCUT2D eigenvalue weighted by atomic mass is 10.1. The summed E-state index contributed by atoms with van der Waals surface area (Å²) in [4.78, 5) is 0. The number of rotatable bonds is 7. The van der Waals surface area contributed by atoms with E-state index < -0.39 is 11.7 Å². The monoisotopic (exact) mass is 301 g/mol. The van der Waals surface area contributed by atoms with Gasteiger partial charge in [-0.15, -0.1) is 6.58 Å². The molecule has 5 heteroatoms. The second-order valence-electron chi connectivity index (χ2n) is 5.42. The van der Waals surface area contributed by atoms with Crippen LogP contribution in [0.5, 0.6) is 5.75 Å². The van der Waals surface area contributed by atoms with Gasteiger partial charge in [0, 0.05) is 19.0 Å². The van der Waals surface area contributed by atoms with Crippen molar-refractivity contribution < 1.29 is 17.9 Å². The van der Waals surface area contributed by atoms with E-state index in [1.54, 1.807) is 6.07 Å². The first kappa shape index (κ1) is 17.6. The summed E-state index contributed by atoms with van der Waals surface area (Å²) in [5.41, 5.74) is 0.733. The van der Waals surface area contributed by atoms with Gasteiger partial charge in [-0.25, -0.2) is 0 Å². The lowest BCUT2D eigenvalue weighted by molar-refractivity contribution is -0.139. The molecule has 0 aromatic heterocycles. The predicted octanol–water partition coefficient (Wildman–Crippen LogP) is 4.55. The molecule has 0 unspecified atom stereocenters. The SMILES string of the molecule is C=C(C)CCOc1ccc(CNC(C)C)cc1C(F)(F)F. The van der Waals surface area contributed by atoms with Crippen molar-refractivity contribution >= 4 is 0 Å². The number of alkyl halides is 3. The Bertz CT molecular complexity index is 481. The average Bonchev–Trinajstić information content (AvgIpc) is 2.35. The lowest BCUT2D eigenvalue weighted by Gasteiger charge is -2.16. The fraction of sp³-hybridized carbons (Fsp3) is 0.500. The Labute approximate surface area is 124 Å². The molecule has 0 aliphatic rings. The Morgan fingerprint density at radius 1 is 1.33 bits per heavy atom. The maximum absolute atomic E-state index is 13.1. The highest BCUT2D eigenvalue weighted by Gasteiger charge is 2.34. The highest BCUT2D eigenvalue weighted by Crippen LogP contribution is 2.37. The van der Waals surface area contributed by atoms with Crippen molar-refractivity contribution in [2.75, 3.05) is 6.61 Å². The Morgan fingerprint density at radius 3 is 2.52 bits per heavy atom. The van der Waals surface area contributed by atoms with Crippen molar-refractivity contribution in [1.29, 1.82) is 0 Å². The van der Waals surface area contributed by atoms with Gasteiger partial charge in [-0.05, 0) is 24.6 Å². The largest absolute Gasteiger partial charge is 0.493 e. The van der Waals surface area contributed by atoms with Crippen molar-refractivity contribution in [1.82, 2.24) is 5.32 Å². The van der Waals surface area contributed by atoms with Crippen LogP contribution in [-0.4, -0.2) is 12.6 Å². The topological polar surface area (TPSA) is 21.3 Å². The zero-order chi connectivity index (χ0) is 16.0. The van der Waals surface area contributed by atoms with Crippen LogP contribution >= 0.6 is 0 Å². The number of nitrogens with one attached hydrogen (secondary N) is 1. The third kappa shape index (κ3) is 6.21. The van der Waals surface area contributed by atoms with Crippen LogP contribution in [0.4, 0.5) is 13.2 Å². The van der Waals surface area contributed by atoms with E-state index in [1.807, 2.05) is 20.8 Å². The van der Waals surface area contributed by atoms with Gasteiger partial charge in [-0.1, -0.05) is 25.5 Å². The van der Waals surface area contributed by atoms with Gasteiger partial charge in [-0.3, -0.25) is 0 Å². The van der Waals surface area contributed by atoms with Crippen LogP contribution in [0.1, 0.15) is 38.3 Å². The Hall–Kier alpha value is -1.49. The minimum Gasteiger partial charge on any atom is -0.493 e. The van der Waals surface area contributed by atoms with E-state index >= 15 is 0 Å². The molecule has 1 aromatic carbocycles. The molecule has 0 amide bonds. The number of ether oxygens (including phenoxy) is 1. The molecule has 0 saturated heterocycles. The van der Waals surface area contributed by atoms with Gasteiger partial charge in [0.25, 0.3) is 0 Å². The van der Waals surface area contributed by atoms with Crippen LogP contribution in [0.3, 0.4) is 0 Å². The minimum atomic E-state index is -4.42. The van der Waals surface area contributed by atoms with Gasteiger partial charge in [-0.2, -0.15) is 13.2 Å². The molecule has 0 bridgehead atoms. The molecule has 1 aromatic rings. The number of hydrogen-bond acceptors (Lipinski definition) is 2. The second kappa shape index (κ2) is 7.50. The third-order valence-corrected chi connectivity index (χ3v) is 2.85. The maximum Gasteiger partial charge on any atom is 0.419 e. The van der Waals surface area contributed by atoms with E-state index in [-0.39, 0.29) is 18.4 Å². The van der Waals surface area contributed by atoms with Crippen molar-refractivity contribution in [2.24, 2.45) is 0 Å². The molecule has 21 heavy (non-hydrogen) atoms. The zero-order valence-electron chi connectivity index (χ0n) is 12.7. The van der Waals surface area contributed by atoms with Gasteiger partial charge in [0.2, 0.25) is 0 Å². The van der Waals surface area contributed by atoms with Gasteiger partial charge in [0.15, 0.2) is 0 Å². The zero-order valence-corrected chi connectivity index (χ0v) is 12.7. The summed E-state index contributed by atoms with van der Waals surface area (Å²) in [6.07, 6.45) is -3.89. The Balaban J connectivity index is 2.89. The first-order valence-corrected chi connectivity index (χ1v) is 6.91. The van der Waals surface area contributed by atoms with Crippen molar-refractivity contribution in [3.63, 3.8) is 0 Å². The molecule has 0 radical (unpaired) electrons. The van der Waals surface area contributed by atoms with Crippen LogP contribution in [0.25, 0.3) is 0 Å². The molecule has 1 N–H and O–H groups in total. The first-order chi connectivity index (χ1) is 9.70. The van der Waals surface area contributed by atoms with Gasteiger partial charge in [0.1, 0.15) is 5.75 Å². The maximum atomic E-state index is 13.1. The summed E-state index contributed by atoms with van der Waals surface area (Å²) in [5.74, 6) is -0.128. The first-order valence-electron chi connectivity index (χ1n) is 6.91. The predicted molar refractivity (Wildman–Crippen MR) is 78.3 cm³/mol. The quantitative estimate of drug-likeness (QED) is 0.746. The molecular weight excluding hydrogens is 279 g/mol. The van der Waals surface area contributed by atoms with E-state index in [0.717, 1.165) is 11.6 Å². The standard InChI is InChI=1S/C16H22F3NO/c1-11(2)7-8-21-15-6-5-13(10-20-12(3)4)9-14(15)16(17,18)19/h5-6,9,12,20H,1,7-8,10H2,2-4H3. The summed E-state index contributed by atoms with van der Waals surface area (Å²) in [5, 5.41) is 3.10. The summed E-state index contributed by atoms with van der Waals surface area (Å²) in [7, 11) is 0.